The third kappa shape index (κ3) is 7.62. The van der Waals surface area contributed by atoms with E-state index < -0.39 is 11.9 Å². The van der Waals surface area contributed by atoms with Crippen LogP contribution in [0, 0.1) is 5.92 Å². The minimum absolute atomic E-state index is 0.181. The van der Waals surface area contributed by atoms with Crippen LogP contribution >= 0.6 is 0 Å². The molecule has 0 N–H and O–H groups in total. The number of benzene rings is 1. The van der Waals surface area contributed by atoms with E-state index in [0.717, 1.165) is 25.0 Å². The Labute approximate surface area is 132 Å². The van der Waals surface area contributed by atoms with E-state index in [0.29, 0.717) is 6.61 Å². The van der Waals surface area contributed by atoms with Crippen molar-refractivity contribution in [1.82, 2.24) is 0 Å². The van der Waals surface area contributed by atoms with E-state index in [1.54, 1.807) is 0 Å². The van der Waals surface area contributed by atoms with Crippen LogP contribution in [0.25, 0.3) is 0 Å². The number of carbonyl (C=O) groups excluding carboxylic acids is 2. The highest BCUT2D eigenvalue weighted by molar-refractivity contribution is 5.91. The van der Waals surface area contributed by atoms with E-state index in [9.17, 15) is 9.59 Å². The lowest BCUT2D eigenvalue weighted by atomic mass is 10.1. The first-order chi connectivity index (χ1) is 10.5. The molecule has 0 spiro atoms. The number of aryl methyl sites for hydroxylation is 1. The fraction of sp³-hybridized carbons (Fsp3) is 0.444. The largest absolute Gasteiger partial charge is 0.463 e. The predicted molar refractivity (Wildman–Crippen MR) is 85.3 cm³/mol. The van der Waals surface area contributed by atoms with Crippen molar-refractivity contribution in [2.24, 2.45) is 5.92 Å². The molecule has 0 heterocycles. The van der Waals surface area contributed by atoms with Crippen molar-refractivity contribution in [2.45, 2.75) is 39.7 Å². The minimum atomic E-state index is -0.526. The Morgan fingerprint density at radius 3 is 2.32 bits per heavy atom. The molecule has 0 aromatic heterocycles. The van der Waals surface area contributed by atoms with Crippen molar-refractivity contribution in [3.63, 3.8) is 0 Å². The summed E-state index contributed by atoms with van der Waals surface area (Å²) in [6, 6.07) is 10.00. The van der Waals surface area contributed by atoms with Crippen LogP contribution in [-0.4, -0.2) is 24.6 Å². The Bertz CT molecular complexity index is 491. The average molecular weight is 304 g/mol. The van der Waals surface area contributed by atoms with Gasteiger partial charge in [-0.25, -0.2) is 9.59 Å². The lowest BCUT2D eigenvalue weighted by molar-refractivity contribution is -0.145. The van der Waals surface area contributed by atoms with E-state index >= 15 is 0 Å². The van der Waals surface area contributed by atoms with Crippen LogP contribution in [0.3, 0.4) is 0 Å². The van der Waals surface area contributed by atoms with Gasteiger partial charge in [-0.3, -0.25) is 0 Å². The van der Waals surface area contributed by atoms with Crippen molar-refractivity contribution >= 4 is 11.9 Å². The second kappa shape index (κ2) is 9.77. The average Bonchev–Trinajstić information content (AvgIpc) is 2.50. The maximum Gasteiger partial charge on any atom is 0.331 e. The van der Waals surface area contributed by atoms with Crippen molar-refractivity contribution in [3.05, 3.63) is 48.0 Å². The normalized spacial score (nSPS) is 12.4. The second-order valence-corrected chi connectivity index (χ2v) is 5.48. The van der Waals surface area contributed by atoms with Crippen LogP contribution < -0.4 is 0 Å². The molecule has 0 radical (unpaired) electrons. The van der Waals surface area contributed by atoms with Gasteiger partial charge in [0.2, 0.25) is 0 Å². The molecule has 0 fully saturated rings. The lowest BCUT2D eigenvalue weighted by Crippen LogP contribution is -2.19. The molecule has 120 valence electrons. The summed E-state index contributed by atoms with van der Waals surface area (Å²) in [4.78, 5) is 22.9. The van der Waals surface area contributed by atoms with Crippen molar-refractivity contribution in [1.29, 1.82) is 0 Å². The summed E-state index contributed by atoms with van der Waals surface area (Å²) in [7, 11) is 0. The number of hydrogen-bond acceptors (Lipinski definition) is 4. The first-order valence-electron chi connectivity index (χ1n) is 7.58. The second-order valence-electron chi connectivity index (χ2n) is 5.48. The third-order valence-corrected chi connectivity index (χ3v) is 3.29. The summed E-state index contributed by atoms with van der Waals surface area (Å²) >= 11 is 0. The summed E-state index contributed by atoms with van der Waals surface area (Å²) in [6.07, 6.45) is 3.64. The van der Waals surface area contributed by atoms with Crippen molar-refractivity contribution in [3.8, 4) is 0 Å². The molecule has 0 amide bonds. The molecule has 1 rings (SSSR count). The van der Waals surface area contributed by atoms with Gasteiger partial charge in [0.05, 0.1) is 6.61 Å². The Hall–Kier alpha value is -2.10. The van der Waals surface area contributed by atoms with Crippen molar-refractivity contribution in [2.75, 3.05) is 6.61 Å². The zero-order chi connectivity index (χ0) is 16.4. The van der Waals surface area contributed by atoms with E-state index in [2.05, 4.69) is 0 Å². The number of hydrogen-bond donors (Lipinski definition) is 0. The molecular weight excluding hydrogens is 280 g/mol. The first kappa shape index (κ1) is 18.0. The highest BCUT2D eigenvalue weighted by atomic mass is 16.5. The quantitative estimate of drug-likeness (QED) is 0.420. The van der Waals surface area contributed by atoms with Gasteiger partial charge in [-0.05, 0) is 31.2 Å². The van der Waals surface area contributed by atoms with E-state index in [1.807, 2.05) is 51.1 Å². The number of carbonyl (C=O) groups is 2. The van der Waals surface area contributed by atoms with Gasteiger partial charge in [-0.15, -0.1) is 0 Å². The molecule has 1 aromatic carbocycles. The molecule has 1 unspecified atom stereocenters. The van der Waals surface area contributed by atoms with E-state index in [4.69, 9.17) is 9.47 Å². The van der Waals surface area contributed by atoms with Crippen LogP contribution in [0.15, 0.2) is 42.5 Å². The zero-order valence-corrected chi connectivity index (χ0v) is 13.5. The summed E-state index contributed by atoms with van der Waals surface area (Å²) in [5.74, 6) is -0.813. The smallest absolute Gasteiger partial charge is 0.331 e. The molecule has 4 nitrogen and oxygen atoms in total. The van der Waals surface area contributed by atoms with Gasteiger partial charge in [0.1, 0.15) is 6.10 Å². The topological polar surface area (TPSA) is 52.6 Å². The van der Waals surface area contributed by atoms with Crippen molar-refractivity contribution < 1.29 is 19.1 Å². The highest BCUT2D eigenvalue weighted by Gasteiger charge is 2.11. The molecular formula is C18H24O4. The van der Waals surface area contributed by atoms with Gasteiger partial charge in [-0.1, -0.05) is 44.2 Å². The highest BCUT2D eigenvalue weighted by Crippen LogP contribution is 2.06. The van der Waals surface area contributed by atoms with Gasteiger partial charge >= 0.3 is 11.9 Å². The van der Waals surface area contributed by atoms with E-state index in [-0.39, 0.29) is 12.0 Å². The molecule has 0 saturated heterocycles. The number of rotatable bonds is 8. The summed E-state index contributed by atoms with van der Waals surface area (Å²) in [5.41, 5.74) is 1.21. The van der Waals surface area contributed by atoms with Crippen LogP contribution in [0.2, 0.25) is 0 Å². The van der Waals surface area contributed by atoms with Gasteiger partial charge < -0.3 is 9.47 Å². The van der Waals surface area contributed by atoms with Gasteiger partial charge in [0.15, 0.2) is 0 Å². The maximum atomic E-state index is 11.5. The third-order valence-electron chi connectivity index (χ3n) is 3.29. The van der Waals surface area contributed by atoms with Crippen LogP contribution in [-0.2, 0) is 25.5 Å². The number of esters is 2. The lowest BCUT2D eigenvalue weighted by Gasteiger charge is -2.14. The molecule has 0 aliphatic carbocycles. The number of ether oxygens (including phenoxy) is 2. The summed E-state index contributed by atoms with van der Waals surface area (Å²) in [5, 5.41) is 0. The summed E-state index contributed by atoms with van der Waals surface area (Å²) in [6.45, 7) is 6.07. The Morgan fingerprint density at radius 1 is 1.05 bits per heavy atom. The molecule has 22 heavy (non-hydrogen) atoms. The van der Waals surface area contributed by atoms with E-state index in [1.165, 1.54) is 5.56 Å². The molecule has 1 aromatic rings. The first-order valence-corrected chi connectivity index (χ1v) is 7.58. The molecule has 0 bridgehead atoms. The Kier molecular flexibility index (Phi) is 7.97. The fourth-order valence-corrected chi connectivity index (χ4v) is 1.64. The SMILES string of the molecule is CC(C)C(C)OC(=O)/C=C/C(=O)OCCCc1ccccc1. The minimum Gasteiger partial charge on any atom is -0.463 e. The maximum absolute atomic E-state index is 11.5. The van der Waals surface area contributed by atoms with Gasteiger partial charge in [-0.2, -0.15) is 0 Å². The van der Waals surface area contributed by atoms with Crippen LogP contribution in [0.4, 0.5) is 0 Å². The standard InChI is InChI=1S/C18H24O4/c1-14(2)15(3)22-18(20)12-11-17(19)21-13-7-10-16-8-5-4-6-9-16/h4-6,8-9,11-12,14-15H,7,10,13H2,1-3H3/b12-11+. The zero-order valence-electron chi connectivity index (χ0n) is 13.5. The molecule has 1 atom stereocenters. The Morgan fingerprint density at radius 2 is 1.68 bits per heavy atom. The predicted octanol–water partition coefficient (Wildman–Crippen LogP) is 3.31. The molecule has 0 saturated carbocycles. The monoisotopic (exact) mass is 304 g/mol. The fourth-order valence-electron chi connectivity index (χ4n) is 1.64. The Balaban J connectivity index is 2.20. The summed E-state index contributed by atoms with van der Waals surface area (Å²) < 4.78 is 10.1. The molecule has 0 aliphatic heterocycles. The molecule has 0 aliphatic rings. The molecule has 4 heteroatoms. The van der Waals surface area contributed by atoms with Gasteiger partial charge in [0.25, 0.3) is 0 Å². The van der Waals surface area contributed by atoms with Gasteiger partial charge in [0, 0.05) is 12.2 Å². The van der Waals surface area contributed by atoms with Crippen LogP contribution in [0.5, 0.6) is 0 Å². The van der Waals surface area contributed by atoms with Crippen LogP contribution in [0.1, 0.15) is 32.8 Å².